The van der Waals surface area contributed by atoms with E-state index >= 15 is 0 Å². The van der Waals surface area contributed by atoms with Crippen LogP contribution in [-0.4, -0.2) is 32.2 Å². The molecule has 1 heterocycles. The predicted octanol–water partition coefficient (Wildman–Crippen LogP) is 1.46. The van der Waals surface area contributed by atoms with E-state index in [2.05, 4.69) is 17.2 Å². The topological polar surface area (TPSA) is 64.3 Å². The van der Waals surface area contributed by atoms with Crippen LogP contribution < -0.4 is 11.1 Å². The Morgan fingerprint density at radius 3 is 3.10 bits per heavy atom. The summed E-state index contributed by atoms with van der Waals surface area (Å²) in [7, 11) is 0. The molecule has 0 bridgehead atoms. The molecule has 0 spiro atoms. The summed E-state index contributed by atoms with van der Waals surface area (Å²) < 4.78 is 5.33. The van der Waals surface area contributed by atoms with E-state index < -0.39 is 0 Å². The third-order valence-electron chi connectivity index (χ3n) is 3.69. The van der Waals surface area contributed by atoms with Crippen molar-refractivity contribution < 1.29 is 9.53 Å². The SMILES string of the molecule is Cc1ccc(C(=O)NCCC2CCOC2)cc1C#CCN. The Morgan fingerprint density at radius 1 is 1.52 bits per heavy atom. The van der Waals surface area contributed by atoms with Crippen molar-refractivity contribution in [1.82, 2.24) is 5.32 Å². The maximum atomic E-state index is 12.1. The van der Waals surface area contributed by atoms with E-state index in [1.165, 1.54) is 0 Å². The van der Waals surface area contributed by atoms with Gasteiger partial charge in [0.15, 0.2) is 0 Å². The Bertz CT molecular complexity index is 552. The first-order valence-corrected chi connectivity index (χ1v) is 7.36. The van der Waals surface area contributed by atoms with Crippen molar-refractivity contribution >= 4 is 5.91 Å². The number of carbonyl (C=O) groups is 1. The van der Waals surface area contributed by atoms with Gasteiger partial charge in [-0.1, -0.05) is 17.9 Å². The first-order chi connectivity index (χ1) is 10.2. The number of nitrogens with two attached hydrogens (primary N) is 1. The van der Waals surface area contributed by atoms with Crippen LogP contribution in [0.3, 0.4) is 0 Å². The molecular formula is C17H22N2O2. The zero-order chi connectivity index (χ0) is 15.1. The van der Waals surface area contributed by atoms with E-state index in [9.17, 15) is 4.79 Å². The van der Waals surface area contributed by atoms with Gasteiger partial charge < -0.3 is 15.8 Å². The van der Waals surface area contributed by atoms with E-state index in [1.54, 1.807) is 0 Å². The molecule has 4 heteroatoms. The number of benzene rings is 1. The summed E-state index contributed by atoms with van der Waals surface area (Å²) in [5, 5.41) is 2.96. The lowest BCUT2D eigenvalue weighted by atomic mass is 10.0. The number of hydrogen-bond acceptors (Lipinski definition) is 3. The lowest BCUT2D eigenvalue weighted by molar-refractivity contribution is 0.0950. The van der Waals surface area contributed by atoms with Gasteiger partial charge in [-0.05, 0) is 43.4 Å². The number of ether oxygens (including phenoxy) is 1. The molecule has 1 aliphatic rings. The predicted molar refractivity (Wildman–Crippen MR) is 83.0 cm³/mol. The van der Waals surface area contributed by atoms with E-state index in [4.69, 9.17) is 10.5 Å². The average molecular weight is 286 g/mol. The molecule has 0 radical (unpaired) electrons. The molecule has 1 fully saturated rings. The summed E-state index contributed by atoms with van der Waals surface area (Å²) >= 11 is 0. The Balaban J connectivity index is 1.92. The van der Waals surface area contributed by atoms with Crippen LogP contribution in [0.15, 0.2) is 18.2 Å². The van der Waals surface area contributed by atoms with Crippen molar-refractivity contribution in [3.05, 3.63) is 34.9 Å². The summed E-state index contributed by atoms with van der Waals surface area (Å²) in [6.45, 7) is 4.64. The summed E-state index contributed by atoms with van der Waals surface area (Å²) in [5.41, 5.74) is 7.94. The molecule has 0 saturated carbocycles. The second-order valence-electron chi connectivity index (χ2n) is 5.31. The second kappa shape index (κ2) is 7.82. The minimum Gasteiger partial charge on any atom is -0.381 e. The van der Waals surface area contributed by atoms with Gasteiger partial charge in [0.2, 0.25) is 0 Å². The second-order valence-corrected chi connectivity index (χ2v) is 5.31. The summed E-state index contributed by atoms with van der Waals surface area (Å²) in [5.74, 6) is 6.35. The highest BCUT2D eigenvalue weighted by molar-refractivity contribution is 5.94. The smallest absolute Gasteiger partial charge is 0.251 e. The van der Waals surface area contributed by atoms with Crippen LogP contribution >= 0.6 is 0 Å². The highest BCUT2D eigenvalue weighted by Gasteiger charge is 2.15. The fourth-order valence-corrected chi connectivity index (χ4v) is 2.35. The number of hydrogen-bond donors (Lipinski definition) is 2. The Morgan fingerprint density at radius 2 is 2.38 bits per heavy atom. The zero-order valence-corrected chi connectivity index (χ0v) is 12.4. The van der Waals surface area contributed by atoms with Crippen LogP contribution in [0.25, 0.3) is 0 Å². The fourth-order valence-electron chi connectivity index (χ4n) is 2.35. The number of nitrogens with one attached hydrogen (secondary N) is 1. The van der Waals surface area contributed by atoms with Crippen molar-refractivity contribution in [2.45, 2.75) is 19.8 Å². The van der Waals surface area contributed by atoms with Gasteiger partial charge in [-0.2, -0.15) is 0 Å². The van der Waals surface area contributed by atoms with Crippen molar-refractivity contribution in [3.8, 4) is 11.8 Å². The molecule has 1 amide bonds. The molecule has 1 saturated heterocycles. The van der Waals surface area contributed by atoms with Crippen LogP contribution in [0.2, 0.25) is 0 Å². The molecule has 4 nitrogen and oxygen atoms in total. The van der Waals surface area contributed by atoms with Gasteiger partial charge in [-0.3, -0.25) is 4.79 Å². The molecule has 1 aromatic rings. The van der Waals surface area contributed by atoms with Crippen LogP contribution in [0, 0.1) is 24.7 Å². The Kier molecular flexibility index (Phi) is 5.79. The first-order valence-electron chi connectivity index (χ1n) is 7.36. The zero-order valence-electron chi connectivity index (χ0n) is 12.4. The van der Waals surface area contributed by atoms with Crippen LogP contribution in [0.1, 0.15) is 34.3 Å². The number of rotatable bonds is 4. The largest absolute Gasteiger partial charge is 0.381 e. The Hall–Kier alpha value is -1.83. The number of carbonyl (C=O) groups excluding carboxylic acids is 1. The molecule has 1 aliphatic heterocycles. The lowest BCUT2D eigenvalue weighted by Crippen LogP contribution is -2.26. The van der Waals surface area contributed by atoms with Gasteiger partial charge >= 0.3 is 0 Å². The fraction of sp³-hybridized carbons (Fsp3) is 0.471. The van der Waals surface area contributed by atoms with Crippen LogP contribution in [0.4, 0.5) is 0 Å². The van der Waals surface area contributed by atoms with Gasteiger partial charge in [0, 0.05) is 30.9 Å². The first kappa shape index (κ1) is 15.6. The van der Waals surface area contributed by atoms with E-state index in [0.29, 0.717) is 24.6 Å². The van der Waals surface area contributed by atoms with Gasteiger partial charge in [-0.25, -0.2) is 0 Å². The molecule has 21 heavy (non-hydrogen) atoms. The minimum atomic E-state index is -0.0512. The molecule has 2 rings (SSSR count). The highest BCUT2D eigenvalue weighted by Crippen LogP contribution is 2.15. The minimum absolute atomic E-state index is 0.0512. The average Bonchev–Trinajstić information content (AvgIpc) is 2.99. The molecule has 112 valence electrons. The van der Waals surface area contributed by atoms with E-state index in [1.807, 2.05) is 25.1 Å². The molecular weight excluding hydrogens is 264 g/mol. The maximum absolute atomic E-state index is 12.1. The monoisotopic (exact) mass is 286 g/mol. The standard InChI is InChI=1S/C17H22N2O2/c1-13-4-5-16(11-15(13)3-2-8-18)17(20)19-9-6-14-7-10-21-12-14/h4-5,11,14H,6-10,12,18H2,1H3,(H,19,20). The summed E-state index contributed by atoms with van der Waals surface area (Å²) in [4.78, 5) is 12.1. The number of aryl methyl sites for hydroxylation is 1. The summed E-state index contributed by atoms with van der Waals surface area (Å²) in [6, 6.07) is 5.57. The van der Waals surface area contributed by atoms with Crippen molar-refractivity contribution in [2.24, 2.45) is 11.7 Å². The van der Waals surface area contributed by atoms with E-state index in [0.717, 1.165) is 37.2 Å². The third kappa shape index (κ3) is 4.59. The molecule has 0 aliphatic carbocycles. The van der Waals surface area contributed by atoms with Crippen molar-refractivity contribution in [1.29, 1.82) is 0 Å². The van der Waals surface area contributed by atoms with Gasteiger partial charge in [0.1, 0.15) is 0 Å². The van der Waals surface area contributed by atoms with Gasteiger partial charge in [-0.15, -0.1) is 0 Å². The van der Waals surface area contributed by atoms with Crippen LogP contribution in [-0.2, 0) is 4.74 Å². The lowest BCUT2D eigenvalue weighted by Gasteiger charge is -2.09. The molecule has 1 atom stereocenters. The molecule has 3 N–H and O–H groups in total. The molecule has 1 unspecified atom stereocenters. The number of amides is 1. The van der Waals surface area contributed by atoms with Gasteiger partial charge in [0.25, 0.3) is 5.91 Å². The van der Waals surface area contributed by atoms with Crippen molar-refractivity contribution in [2.75, 3.05) is 26.3 Å². The quantitative estimate of drug-likeness (QED) is 0.824. The Labute approximate surface area is 126 Å². The van der Waals surface area contributed by atoms with Crippen molar-refractivity contribution in [3.63, 3.8) is 0 Å². The highest BCUT2D eigenvalue weighted by atomic mass is 16.5. The third-order valence-corrected chi connectivity index (χ3v) is 3.69. The normalized spacial score (nSPS) is 17.1. The summed E-state index contributed by atoms with van der Waals surface area (Å²) in [6.07, 6.45) is 2.07. The maximum Gasteiger partial charge on any atom is 0.251 e. The molecule has 1 aromatic carbocycles. The van der Waals surface area contributed by atoms with E-state index in [-0.39, 0.29) is 5.91 Å². The van der Waals surface area contributed by atoms with Crippen LogP contribution in [0.5, 0.6) is 0 Å². The van der Waals surface area contributed by atoms with Gasteiger partial charge in [0.05, 0.1) is 6.54 Å². The molecule has 0 aromatic heterocycles.